The van der Waals surface area contributed by atoms with Gasteiger partial charge >= 0.3 is 0 Å². The van der Waals surface area contributed by atoms with Gasteiger partial charge < -0.3 is 10.5 Å². The van der Waals surface area contributed by atoms with Crippen molar-refractivity contribution < 1.29 is 13.2 Å². The molecule has 0 radical (unpaired) electrons. The summed E-state index contributed by atoms with van der Waals surface area (Å²) in [5.74, 6) is 0.590. The van der Waals surface area contributed by atoms with Crippen LogP contribution < -0.4 is 15.6 Å². The monoisotopic (exact) mass is 303 g/mol. The maximum absolute atomic E-state index is 11.4. The molecule has 0 heterocycles. The van der Waals surface area contributed by atoms with E-state index in [9.17, 15) is 8.42 Å². The Kier molecular flexibility index (Phi) is 3.84. The molecule has 7 heteroatoms. The Morgan fingerprint density at radius 2 is 1.86 bits per heavy atom. The fourth-order valence-corrected chi connectivity index (χ4v) is 2.21. The Morgan fingerprint density at radius 1 is 1.14 bits per heavy atom. The minimum atomic E-state index is -3.85. The Labute approximate surface area is 122 Å². The lowest BCUT2D eigenvalue weighted by Crippen LogP contribution is -2.12. The third-order valence-electron chi connectivity index (χ3n) is 2.85. The number of hydrogen-bond acceptors (Lipinski definition) is 5. The van der Waals surface area contributed by atoms with Crippen molar-refractivity contribution in [2.75, 3.05) is 5.73 Å². The van der Waals surface area contributed by atoms with Gasteiger partial charge in [0, 0.05) is 6.07 Å². The normalized spacial score (nSPS) is 10.9. The van der Waals surface area contributed by atoms with E-state index < -0.39 is 10.0 Å². The molecule has 0 saturated heterocycles. The molecule has 0 spiro atoms. The summed E-state index contributed by atoms with van der Waals surface area (Å²) in [5, 5.41) is 14.0. The number of nitrogen functional groups attached to an aromatic ring is 1. The van der Waals surface area contributed by atoms with Gasteiger partial charge in [-0.25, -0.2) is 13.6 Å². The number of hydrogen-bond donors (Lipinski definition) is 2. The first-order valence-electron chi connectivity index (χ1n) is 5.92. The van der Waals surface area contributed by atoms with Crippen LogP contribution in [0, 0.1) is 18.3 Å². The van der Waals surface area contributed by atoms with Gasteiger partial charge in [0.25, 0.3) is 0 Å². The van der Waals surface area contributed by atoms with E-state index in [1.54, 1.807) is 25.1 Å². The van der Waals surface area contributed by atoms with Crippen molar-refractivity contribution in [3.05, 3.63) is 47.5 Å². The Balaban J connectivity index is 2.47. The highest BCUT2D eigenvalue weighted by molar-refractivity contribution is 7.89. The number of primary sulfonamides is 1. The molecule has 4 N–H and O–H groups in total. The van der Waals surface area contributed by atoms with Crippen molar-refractivity contribution in [3.8, 4) is 17.6 Å². The summed E-state index contributed by atoms with van der Waals surface area (Å²) in [6.45, 7) is 1.80. The van der Waals surface area contributed by atoms with Gasteiger partial charge in [0.1, 0.15) is 5.75 Å². The van der Waals surface area contributed by atoms with Crippen molar-refractivity contribution in [1.82, 2.24) is 0 Å². The van der Waals surface area contributed by atoms with Crippen LogP contribution in [-0.2, 0) is 10.0 Å². The molecule has 0 amide bonds. The van der Waals surface area contributed by atoms with E-state index in [0.29, 0.717) is 11.3 Å². The molecule has 0 fully saturated rings. The van der Waals surface area contributed by atoms with Gasteiger partial charge in [0.2, 0.25) is 10.0 Å². The van der Waals surface area contributed by atoms with Crippen LogP contribution in [0.25, 0.3) is 0 Å². The predicted molar refractivity (Wildman–Crippen MR) is 78.2 cm³/mol. The lowest BCUT2D eigenvalue weighted by Gasteiger charge is -2.12. The van der Waals surface area contributed by atoms with Crippen LogP contribution in [0.1, 0.15) is 11.1 Å². The van der Waals surface area contributed by atoms with E-state index in [4.69, 9.17) is 20.9 Å². The van der Waals surface area contributed by atoms with E-state index in [0.717, 1.165) is 5.56 Å². The van der Waals surface area contributed by atoms with Crippen molar-refractivity contribution in [2.24, 2.45) is 5.14 Å². The third-order valence-corrected chi connectivity index (χ3v) is 3.76. The number of sulfonamides is 1. The Morgan fingerprint density at radius 3 is 2.48 bits per heavy atom. The van der Waals surface area contributed by atoms with Gasteiger partial charge in [-0.1, -0.05) is 6.07 Å². The number of nitrogens with zero attached hydrogens (tertiary/aromatic N) is 1. The number of anilines is 1. The summed E-state index contributed by atoms with van der Waals surface area (Å²) in [7, 11) is -3.85. The zero-order chi connectivity index (χ0) is 15.6. The quantitative estimate of drug-likeness (QED) is 0.839. The highest BCUT2D eigenvalue weighted by Crippen LogP contribution is 2.31. The van der Waals surface area contributed by atoms with E-state index in [-0.39, 0.29) is 16.3 Å². The number of ether oxygens (including phenoxy) is 1. The highest BCUT2D eigenvalue weighted by Gasteiger charge is 2.13. The molecule has 0 saturated carbocycles. The second-order valence-electron chi connectivity index (χ2n) is 4.44. The molecule has 108 valence electrons. The van der Waals surface area contributed by atoms with E-state index in [2.05, 4.69) is 0 Å². The third kappa shape index (κ3) is 3.31. The molecule has 0 aliphatic heterocycles. The maximum Gasteiger partial charge on any atom is 0.238 e. The summed E-state index contributed by atoms with van der Waals surface area (Å²) in [6.07, 6.45) is 0. The first-order valence-corrected chi connectivity index (χ1v) is 7.47. The SMILES string of the molecule is Cc1ccc(C#N)cc1Oc1cc(S(N)(=O)=O)ccc1N. The van der Waals surface area contributed by atoms with Crippen LogP contribution in [0.5, 0.6) is 11.5 Å². The van der Waals surface area contributed by atoms with Crippen molar-refractivity contribution in [2.45, 2.75) is 11.8 Å². The van der Waals surface area contributed by atoms with Gasteiger partial charge in [-0.3, -0.25) is 0 Å². The smallest absolute Gasteiger partial charge is 0.238 e. The van der Waals surface area contributed by atoms with E-state index >= 15 is 0 Å². The first kappa shape index (κ1) is 14.8. The zero-order valence-corrected chi connectivity index (χ0v) is 12.0. The topological polar surface area (TPSA) is 119 Å². The molecule has 0 atom stereocenters. The summed E-state index contributed by atoms with van der Waals surface area (Å²) >= 11 is 0. The molecule has 6 nitrogen and oxygen atoms in total. The van der Waals surface area contributed by atoms with E-state index in [1.807, 2.05) is 6.07 Å². The van der Waals surface area contributed by atoms with Crippen molar-refractivity contribution in [3.63, 3.8) is 0 Å². The highest BCUT2D eigenvalue weighted by atomic mass is 32.2. The maximum atomic E-state index is 11.4. The Bertz CT molecular complexity index is 839. The molecule has 0 aliphatic rings. The average molecular weight is 303 g/mol. The second kappa shape index (κ2) is 5.44. The zero-order valence-electron chi connectivity index (χ0n) is 11.2. The van der Waals surface area contributed by atoms with Crippen LogP contribution in [0.3, 0.4) is 0 Å². The van der Waals surface area contributed by atoms with E-state index in [1.165, 1.54) is 18.2 Å². The minimum absolute atomic E-state index is 0.0965. The van der Waals surface area contributed by atoms with Crippen LogP contribution in [0.15, 0.2) is 41.3 Å². The molecular formula is C14H13N3O3S. The molecular weight excluding hydrogens is 290 g/mol. The van der Waals surface area contributed by atoms with Gasteiger partial charge in [0.15, 0.2) is 5.75 Å². The second-order valence-corrected chi connectivity index (χ2v) is 6.00. The standard InChI is InChI=1S/C14H13N3O3S/c1-9-2-3-10(8-15)6-13(9)20-14-7-11(21(17,18)19)4-5-12(14)16/h2-7H,16H2,1H3,(H2,17,18,19). The summed E-state index contributed by atoms with van der Waals surface area (Å²) < 4.78 is 28.3. The van der Waals surface area contributed by atoms with Crippen LogP contribution in [0.4, 0.5) is 5.69 Å². The molecule has 0 aliphatic carbocycles. The molecule has 2 aromatic carbocycles. The number of rotatable bonds is 3. The van der Waals surface area contributed by atoms with Gasteiger partial charge in [0.05, 0.1) is 22.2 Å². The number of benzene rings is 2. The van der Waals surface area contributed by atoms with Gasteiger partial charge in [-0.15, -0.1) is 0 Å². The largest absolute Gasteiger partial charge is 0.455 e. The number of aryl methyl sites for hydroxylation is 1. The Hall–Kier alpha value is -2.56. The fraction of sp³-hybridized carbons (Fsp3) is 0.0714. The molecule has 0 bridgehead atoms. The predicted octanol–water partition coefficient (Wildman–Crippen LogP) is 1.89. The lowest BCUT2D eigenvalue weighted by molar-refractivity contribution is 0.479. The molecule has 0 unspecified atom stereocenters. The summed E-state index contributed by atoms with van der Waals surface area (Å²) in [4.78, 5) is -0.0965. The van der Waals surface area contributed by atoms with Crippen LogP contribution in [0.2, 0.25) is 0 Å². The van der Waals surface area contributed by atoms with Crippen molar-refractivity contribution >= 4 is 15.7 Å². The lowest BCUT2D eigenvalue weighted by atomic mass is 10.1. The minimum Gasteiger partial charge on any atom is -0.455 e. The average Bonchev–Trinajstić information content (AvgIpc) is 2.42. The van der Waals surface area contributed by atoms with Gasteiger partial charge in [-0.05, 0) is 36.8 Å². The molecule has 2 rings (SSSR count). The van der Waals surface area contributed by atoms with Crippen molar-refractivity contribution in [1.29, 1.82) is 5.26 Å². The fourth-order valence-electron chi connectivity index (χ4n) is 1.68. The summed E-state index contributed by atoms with van der Waals surface area (Å²) in [5.41, 5.74) is 7.26. The number of nitriles is 1. The number of nitrogens with two attached hydrogens (primary N) is 2. The molecule has 21 heavy (non-hydrogen) atoms. The van der Waals surface area contributed by atoms with Gasteiger partial charge in [-0.2, -0.15) is 5.26 Å². The molecule has 2 aromatic rings. The molecule has 0 aromatic heterocycles. The first-order chi connectivity index (χ1) is 9.81. The van der Waals surface area contributed by atoms with Crippen LogP contribution in [-0.4, -0.2) is 8.42 Å². The summed E-state index contributed by atoms with van der Waals surface area (Å²) in [6, 6.07) is 10.9. The van der Waals surface area contributed by atoms with Crippen LogP contribution >= 0.6 is 0 Å².